The highest BCUT2D eigenvalue weighted by atomic mass is 15.3. The monoisotopic (exact) mass is 211 g/mol. The molecule has 0 bridgehead atoms. The molecular weight excluding hydrogens is 186 g/mol. The molecule has 0 spiro atoms. The van der Waals surface area contributed by atoms with Crippen LogP contribution in [0.4, 0.5) is 0 Å². The van der Waals surface area contributed by atoms with E-state index in [0.717, 1.165) is 5.71 Å². The summed E-state index contributed by atoms with van der Waals surface area (Å²) >= 11 is 0. The molecule has 1 aliphatic heterocycles. The van der Waals surface area contributed by atoms with Crippen LogP contribution in [0.3, 0.4) is 0 Å². The minimum absolute atomic E-state index is 0.595. The normalized spacial score (nSPS) is 18.9. The van der Waals surface area contributed by atoms with Gasteiger partial charge in [-0.3, -0.25) is 0 Å². The summed E-state index contributed by atoms with van der Waals surface area (Å²) in [5.41, 5.74) is 4.37. The first kappa shape index (κ1) is 12.5. The van der Waals surface area contributed by atoms with E-state index in [1.54, 1.807) is 0 Å². The highest BCUT2D eigenvalue weighted by Gasteiger charge is 2.17. The van der Waals surface area contributed by atoms with Gasteiger partial charge in [-0.25, -0.2) is 0 Å². The Hall–Kier alpha value is -0.570. The third kappa shape index (κ3) is 5.17. The molecule has 1 fully saturated rings. The van der Waals surface area contributed by atoms with E-state index in [1.807, 2.05) is 13.8 Å². The number of likely N-dealkylation sites (tertiary alicyclic amines) is 1. The second kappa shape index (κ2) is 6.83. The van der Waals surface area contributed by atoms with Gasteiger partial charge in [0.05, 0.1) is 0 Å². The van der Waals surface area contributed by atoms with Crippen molar-refractivity contribution in [3.63, 3.8) is 0 Å². The molecule has 0 amide bonds. The predicted octanol–water partition coefficient (Wildman–Crippen LogP) is 2.24. The SMILES string of the molecule is CCCCN1CCC(NN=C(C)C)CC1. The molecule has 0 unspecified atom stereocenters. The highest BCUT2D eigenvalue weighted by Crippen LogP contribution is 2.10. The van der Waals surface area contributed by atoms with Crippen LogP contribution < -0.4 is 5.43 Å². The molecule has 0 radical (unpaired) electrons. The van der Waals surface area contributed by atoms with Gasteiger partial charge in [0.15, 0.2) is 0 Å². The number of rotatable bonds is 5. The molecule has 0 aliphatic carbocycles. The van der Waals surface area contributed by atoms with Crippen molar-refractivity contribution in [3.05, 3.63) is 0 Å². The van der Waals surface area contributed by atoms with Crippen molar-refractivity contribution < 1.29 is 0 Å². The first-order chi connectivity index (χ1) is 7.22. The van der Waals surface area contributed by atoms with E-state index in [4.69, 9.17) is 0 Å². The van der Waals surface area contributed by atoms with Crippen molar-refractivity contribution in [1.29, 1.82) is 0 Å². The molecule has 0 atom stereocenters. The molecule has 1 heterocycles. The minimum Gasteiger partial charge on any atom is -0.307 e. The maximum atomic E-state index is 4.28. The first-order valence-electron chi connectivity index (χ1n) is 6.21. The Labute approximate surface area is 93.9 Å². The van der Waals surface area contributed by atoms with Crippen LogP contribution in [0.15, 0.2) is 5.10 Å². The van der Waals surface area contributed by atoms with Crippen LogP contribution in [0.1, 0.15) is 46.5 Å². The maximum absolute atomic E-state index is 4.28. The molecule has 1 rings (SSSR count). The van der Waals surface area contributed by atoms with Gasteiger partial charge in [-0.1, -0.05) is 13.3 Å². The Balaban J connectivity index is 2.15. The molecule has 0 saturated carbocycles. The number of unbranched alkanes of at least 4 members (excludes halogenated alkanes) is 1. The Morgan fingerprint density at radius 1 is 1.33 bits per heavy atom. The van der Waals surface area contributed by atoms with Crippen LogP contribution in [0.5, 0.6) is 0 Å². The number of nitrogens with one attached hydrogen (secondary N) is 1. The van der Waals surface area contributed by atoms with Gasteiger partial charge < -0.3 is 10.3 Å². The lowest BCUT2D eigenvalue weighted by Gasteiger charge is -2.31. The first-order valence-corrected chi connectivity index (χ1v) is 6.21. The van der Waals surface area contributed by atoms with Gasteiger partial charge >= 0.3 is 0 Å². The number of nitrogens with zero attached hydrogens (tertiary/aromatic N) is 2. The summed E-state index contributed by atoms with van der Waals surface area (Å²) in [4.78, 5) is 2.57. The standard InChI is InChI=1S/C12H25N3/c1-4-5-8-15-9-6-12(7-10-15)14-13-11(2)3/h12,14H,4-10H2,1-3H3. The average Bonchev–Trinajstić information content (AvgIpc) is 2.25. The lowest BCUT2D eigenvalue weighted by atomic mass is 10.1. The zero-order valence-electron chi connectivity index (χ0n) is 10.4. The summed E-state index contributed by atoms with van der Waals surface area (Å²) in [6.07, 6.45) is 5.11. The van der Waals surface area contributed by atoms with Crippen LogP contribution >= 0.6 is 0 Å². The number of piperidine rings is 1. The van der Waals surface area contributed by atoms with Gasteiger partial charge in [-0.2, -0.15) is 5.10 Å². The summed E-state index contributed by atoms with van der Waals surface area (Å²) in [5.74, 6) is 0. The number of hydrogen-bond donors (Lipinski definition) is 1. The van der Waals surface area contributed by atoms with E-state index >= 15 is 0 Å². The van der Waals surface area contributed by atoms with Gasteiger partial charge in [-0.15, -0.1) is 0 Å². The van der Waals surface area contributed by atoms with Crippen LogP contribution in [0.2, 0.25) is 0 Å². The van der Waals surface area contributed by atoms with Gasteiger partial charge in [0.25, 0.3) is 0 Å². The highest BCUT2D eigenvalue weighted by molar-refractivity contribution is 5.78. The molecule has 15 heavy (non-hydrogen) atoms. The van der Waals surface area contributed by atoms with Crippen molar-refractivity contribution in [2.45, 2.75) is 52.5 Å². The maximum Gasteiger partial charge on any atom is 0.0464 e. The van der Waals surface area contributed by atoms with E-state index in [2.05, 4.69) is 22.4 Å². The fourth-order valence-corrected chi connectivity index (χ4v) is 1.89. The zero-order valence-corrected chi connectivity index (χ0v) is 10.4. The Bertz CT molecular complexity index is 189. The van der Waals surface area contributed by atoms with Crippen LogP contribution in [-0.2, 0) is 0 Å². The third-order valence-electron chi connectivity index (χ3n) is 2.89. The topological polar surface area (TPSA) is 27.6 Å². The van der Waals surface area contributed by atoms with Gasteiger partial charge in [0.1, 0.15) is 0 Å². The van der Waals surface area contributed by atoms with E-state index < -0.39 is 0 Å². The summed E-state index contributed by atoms with van der Waals surface area (Å²) < 4.78 is 0. The Morgan fingerprint density at radius 3 is 2.53 bits per heavy atom. The molecule has 0 aromatic carbocycles. The molecule has 3 nitrogen and oxygen atoms in total. The van der Waals surface area contributed by atoms with Crippen LogP contribution in [0.25, 0.3) is 0 Å². The zero-order chi connectivity index (χ0) is 11.1. The molecule has 1 N–H and O–H groups in total. The van der Waals surface area contributed by atoms with Crippen molar-refractivity contribution >= 4 is 5.71 Å². The fraction of sp³-hybridized carbons (Fsp3) is 0.917. The van der Waals surface area contributed by atoms with E-state index in [0.29, 0.717) is 6.04 Å². The van der Waals surface area contributed by atoms with Crippen molar-refractivity contribution in [3.8, 4) is 0 Å². The molecule has 3 heteroatoms. The average molecular weight is 211 g/mol. The molecule has 1 aliphatic rings. The fourth-order valence-electron chi connectivity index (χ4n) is 1.89. The number of hydrogen-bond acceptors (Lipinski definition) is 3. The van der Waals surface area contributed by atoms with Gasteiger partial charge in [0, 0.05) is 24.8 Å². The summed E-state index contributed by atoms with van der Waals surface area (Å²) in [7, 11) is 0. The third-order valence-corrected chi connectivity index (χ3v) is 2.89. The largest absolute Gasteiger partial charge is 0.307 e. The van der Waals surface area contributed by atoms with Crippen molar-refractivity contribution in [2.75, 3.05) is 19.6 Å². The quantitative estimate of drug-likeness (QED) is 0.558. The smallest absolute Gasteiger partial charge is 0.0464 e. The molecule has 1 saturated heterocycles. The second-order valence-corrected chi connectivity index (χ2v) is 4.66. The lowest BCUT2D eigenvalue weighted by molar-refractivity contribution is 0.196. The molecular formula is C12H25N3. The molecule has 88 valence electrons. The van der Waals surface area contributed by atoms with Gasteiger partial charge in [0.2, 0.25) is 0 Å². The molecule has 0 aromatic rings. The summed E-state index contributed by atoms with van der Waals surface area (Å²) in [6.45, 7) is 10.1. The summed E-state index contributed by atoms with van der Waals surface area (Å²) in [5, 5.41) is 4.28. The Kier molecular flexibility index (Phi) is 5.69. The molecule has 0 aromatic heterocycles. The Morgan fingerprint density at radius 2 is 2.00 bits per heavy atom. The summed E-state index contributed by atoms with van der Waals surface area (Å²) in [6, 6.07) is 0.595. The lowest BCUT2D eigenvalue weighted by Crippen LogP contribution is -2.41. The second-order valence-electron chi connectivity index (χ2n) is 4.66. The van der Waals surface area contributed by atoms with Crippen LogP contribution in [-0.4, -0.2) is 36.3 Å². The van der Waals surface area contributed by atoms with E-state index in [9.17, 15) is 0 Å². The predicted molar refractivity (Wildman–Crippen MR) is 66.3 cm³/mol. The number of hydrazone groups is 1. The van der Waals surface area contributed by atoms with Crippen molar-refractivity contribution in [2.24, 2.45) is 5.10 Å². The van der Waals surface area contributed by atoms with Gasteiger partial charge in [-0.05, 0) is 39.7 Å². The van der Waals surface area contributed by atoms with Crippen LogP contribution in [0, 0.1) is 0 Å². The van der Waals surface area contributed by atoms with Crippen molar-refractivity contribution in [1.82, 2.24) is 10.3 Å². The minimum atomic E-state index is 0.595. The van der Waals surface area contributed by atoms with E-state index in [-0.39, 0.29) is 0 Å². The van der Waals surface area contributed by atoms with E-state index in [1.165, 1.54) is 45.3 Å².